The van der Waals surface area contributed by atoms with Crippen LogP contribution in [0.1, 0.15) is 38.1 Å². The fraction of sp³-hybridized carbons (Fsp3) is 0.471. The summed E-state index contributed by atoms with van der Waals surface area (Å²) < 4.78 is 2.10. The van der Waals surface area contributed by atoms with Crippen molar-refractivity contribution in [1.29, 1.82) is 0 Å². The molecule has 0 fully saturated rings. The molecule has 2 aromatic rings. The first-order valence-electron chi connectivity index (χ1n) is 8.05. The van der Waals surface area contributed by atoms with Crippen LogP contribution in [0.4, 0.5) is 5.69 Å². The quantitative estimate of drug-likeness (QED) is 0.749. The van der Waals surface area contributed by atoms with Crippen molar-refractivity contribution in [2.24, 2.45) is 0 Å². The number of hydrogen-bond acceptors (Lipinski definition) is 4. The van der Waals surface area contributed by atoms with E-state index in [9.17, 15) is 4.79 Å². The Morgan fingerprint density at radius 3 is 2.61 bits per heavy atom. The third kappa shape index (κ3) is 5.10. The van der Waals surface area contributed by atoms with Crippen molar-refractivity contribution in [2.75, 3.05) is 11.1 Å². The molecule has 0 bridgehead atoms. The summed E-state index contributed by atoms with van der Waals surface area (Å²) in [6, 6.07) is 7.79. The van der Waals surface area contributed by atoms with Crippen molar-refractivity contribution < 1.29 is 4.79 Å². The summed E-state index contributed by atoms with van der Waals surface area (Å²) in [5.74, 6) is 1.31. The molecule has 124 valence electrons. The zero-order chi connectivity index (χ0) is 16.7. The Morgan fingerprint density at radius 1 is 1.22 bits per heavy atom. The van der Waals surface area contributed by atoms with Crippen molar-refractivity contribution in [3.63, 3.8) is 0 Å². The molecule has 1 amide bonds. The van der Waals surface area contributed by atoms with Crippen LogP contribution in [-0.4, -0.2) is 26.4 Å². The lowest BCUT2D eigenvalue weighted by molar-refractivity contribution is -0.113. The summed E-state index contributed by atoms with van der Waals surface area (Å²) in [4.78, 5) is 12.1. The average Bonchev–Trinajstić information content (AvgIpc) is 2.95. The largest absolute Gasteiger partial charge is 0.325 e. The molecule has 0 aliphatic heterocycles. The number of unbranched alkanes of at least 4 members (excludes halogenated alkanes) is 1. The number of carbonyl (C=O) groups excluding carboxylic acids is 1. The Kier molecular flexibility index (Phi) is 6.65. The van der Waals surface area contributed by atoms with Gasteiger partial charge < -0.3 is 9.88 Å². The maximum Gasteiger partial charge on any atom is 0.234 e. The monoisotopic (exact) mass is 332 g/mol. The van der Waals surface area contributed by atoms with Crippen LogP contribution in [0, 0.1) is 6.92 Å². The van der Waals surface area contributed by atoms with E-state index in [2.05, 4.69) is 33.9 Å². The molecule has 6 heteroatoms. The van der Waals surface area contributed by atoms with E-state index in [1.165, 1.54) is 17.3 Å². The Bertz CT molecular complexity index is 637. The maximum absolute atomic E-state index is 12.1. The van der Waals surface area contributed by atoms with E-state index in [4.69, 9.17) is 0 Å². The van der Waals surface area contributed by atoms with Crippen molar-refractivity contribution in [3.8, 4) is 0 Å². The zero-order valence-corrected chi connectivity index (χ0v) is 14.8. The molecular formula is C17H24N4OS. The first-order chi connectivity index (χ1) is 11.1. The highest BCUT2D eigenvalue weighted by Gasteiger charge is 2.12. The van der Waals surface area contributed by atoms with Gasteiger partial charge in [0, 0.05) is 18.7 Å². The molecule has 0 aliphatic rings. The van der Waals surface area contributed by atoms with Gasteiger partial charge in [-0.2, -0.15) is 0 Å². The zero-order valence-electron chi connectivity index (χ0n) is 14.0. The van der Waals surface area contributed by atoms with Gasteiger partial charge in [-0.05, 0) is 32.4 Å². The smallest absolute Gasteiger partial charge is 0.234 e. The first kappa shape index (κ1) is 17.5. The molecule has 1 aromatic carbocycles. The highest BCUT2D eigenvalue weighted by Crippen LogP contribution is 2.18. The van der Waals surface area contributed by atoms with Gasteiger partial charge in [-0.1, -0.05) is 42.8 Å². The second-order valence-corrected chi connectivity index (χ2v) is 6.39. The Morgan fingerprint density at radius 2 is 1.96 bits per heavy atom. The number of hydrogen-bond donors (Lipinski definition) is 1. The third-order valence-electron chi connectivity index (χ3n) is 3.53. The summed E-state index contributed by atoms with van der Waals surface area (Å²) in [5, 5.41) is 12.2. The van der Waals surface area contributed by atoms with Crippen LogP contribution < -0.4 is 5.32 Å². The minimum atomic E-state index is -0.0281. The Hall–Kier alpha value is -1.82. The lowest BCUT2D eigenvalue weighted by Crippen LogP contribution is -2.14. The minimum Gasteiger partial charge on any atom is -0.325 e. The molecule has 5 nitrogen and oxygen atoms in total. The van der Waals surface area contributed by atoms with Gasteiger partial charge in [0.25, 0.3) is 0 Å². The molecule has 0 spiro atoms. The highest BCUT2D eigenvalue weighted by molar-refractivity contribution is 7.99. The number of thioether (sulfide) groups is 1. The molecule has 2 rings (SSSR count). The van der Waals surface area contributed by atoms with Crippen LogP contribution in [0.5, 0.6) is 0 Å². The third-order valence-corrected chi connectivity index (χ3v) is 4.50. The van der Waals surface area contributed by atoms with Crippen molar-refractivity contribution in [3.05, 3.63) is 35.7 Å². The van der Waals surface area contributed by atoms with E-state index < -0.39 is 0 Å². The summed E-state index contributed by atoms with van der Waals surface area (Å²) in [5.41, 5.74) is 2.00. The first-order valence-corrected chi connectivity index (χ1v) is 9.04. The number of anilines is 1. The van der Waals surface area contributed by atoms with Gasteiger partial charge in [0.2, 0.25) is 5.91 Å². The summed E-state index contributed by atoms with van der Waals surface area (Å²) in [6.45, 7) is 7.09. The topological polar surface area (TPSA) is 59.8 Å². The van der Waals surface area contributed by atoms with E-state index in [1.807, 2.05) is 31.2 Å². The summed E-state index contributed by atoms with van der Waals surface area (Å²) >= 11 is 1.43. The average molecular weight is 332 g/mol. The molecule has 1 heterocycles. The fourth-order valence-electron chi connectivity index (χ4n) is 2.23. The normalized spacial score (nSPS) is 10.7. The van der Waals surface area contributed by atoms with Gasteiger partial charge in [0.05, 0.1) is 5.75 Å². The number of rotatable bonds is 8. The van der Waals surface area contributed by atoms with Crippen LogP contribution in [0.25, 0.3) is 0 Å². The van der Waals surface area contributed by atoms with E-state index in [0.717, 1.165) is 42.5 Å². The maximum atomic E-state index is 12.1. The van der Waals surface area contributed by atoms with Gasteiger partial charge in [-0.3, -0.25) is 4.79 Å². The van der Waals surface area contributed by atoms with E-state index >= 15 is 0 Å². The molecule has 1 aromatic heterocycles. The Labute approximate surface area is 141 Å². The van der Waals surface area contributed by atoms with Crippen LogP contribution >= 0.6 is 11.8 Å². The van der Waals surface area contributed by atoms with Gasteiger partial charge in [0.15, 0.2) is 5.16 Å². The molecule has 0 aliphatic carbocycles. The number of aryl methyl sites for hydroxylation is 2. The standard InChI is InChI=1S/C17H24N4OS/c1-4-6-7-15-19-20-17(21(15)5-2)23-12-16(22)18-14-10-8-13(3)9-11-14/h8-11H,4-7,12H2,1-3H3,(H,18,22). The van der Waals surface area contributed by atoms with Crippen LogP contribution in [0.15, 0.2) is 29.4 Å². The summed E-state index contributed by atoms with van der Waals surface area (Å²) in [6.07, 6.45) is 3.18. The summed E-state index contributed by atoms with van der Waals surface area (Å²) in [7, 11) is 0. The number of benzene rings is 1. The highest BCUT2D eigenvalue weighted by atomic mass is 32.2. The molecular weight excluding hydrogens is 308 g/mol. The fourth-order valence-corrected chi connectivity index (χ4v) is 3.05. The van der Waals surface area contributed by atoms with Crippen LogP contribution in [0.2, 0.25) is 0 Å². The van der Waals surface area contributed by atoms with Crippen molar-refractivity contribution in [1.82, 2.24) is 14.8 Å². The predicted molar refractivity (Wildman–Crippen MR) is 94.8 cm³/mol. The molecule has 0 radical (unpaired) electrons. The molecule has 23 heavy (non-hydrogen) atoms. The number of nitrogens with zero attached hydrogens (tertiary/aromatic N) is 3. The molecule has 0 saturated carbocycles. The number of nitrogens with one attached hydrogen (secondary N) is 1. The van der Waals surface area contributed by atoms with Gasteiger partial charge in [-0.15, -0.1) is 10.2 Å². The Balaban J connectivity index is 1.91. The minimum absolute atomic E-state index is 0.0281. The second-order valence-electron chi connectivity index (χ2n) is 5.45. The molecule has 0 unspecified atom stereocenters. The van der Waals surface area contributed by atoms with E-state index in [0.29, 0.717) is 5.75 Å². The lowest BCUT2D eigenvalue weighted by atomic mass is 10.2. The van der Waals surface area contributed by atoms with Gasteiger partial charge in [0.1, 0.15) is 5.82 Å². The number of amides is 1. The molecule has 0 atom stereocenters. The van der Waals surface area contributed by atoms with Crippen molar-refractivity contribution in [2.45, 2.75) is 51.7 Å². The predicted octanol–water partition coefficient (Wildman–Crippen LogP) is 3.68. The number of carbonyl (C=O) groups is 1. The molecule has 0 saturated heterocycles. The number of aromatic nitrogens is 3. The SMILES string of the molecule is CCCCc1nnc(SCC(=O)Nc2ccc(C)cc2)n1CC. The van der Waals surface area contributed by atoms with Crippen LogP contribution in [0.3, 0.4) is 0 Å². The second kappa shape index (κ2) is 8.72. The lowest BCUT2D eigenvalue weighted by Gasteiger charge is -2.07. The van der Waals surface area contributed by atoms with Crippen LogP contribution in [-0.2, 0) is 17.8 Å². The van der Waals surface area contributed by atoms with Gasteiger partial charge in [-0.25, -0.2) is 0 Å². The van der Waals surface area contributed by atoms with E-state index in [1.54, 1.807) is 0 Å². The van der Waals surface area contributed by atoms with Crippen molar-refractivity contribution >= 4 is 23.4 Å². The molecule has 1 N–H and O–H groups in total. The van der Waals surface area contributed by atoms with Gasteiger partial charge >= 0.3 is 0 Å². The van der Waals surface area contributed by atoms with E-state index in [-0.39, 0.29) is 5.91 Å².